The van der Waals surface area contributed by atoms with E-state index in [-0.39, 0.29) is 11.8 Å². The molecule has 25 heavy (non-hydrogen) atoms. The third-order valence-corrected chi connectivity index (χ3v) is 3.80. The van der Waals surface area contributed by atoms with E-state index in [0.717, 1.165) is 11.3 Å². The summed E-state index contributed by atoms with van der Waals surface area (Å²) in [5, 5.41) is 3.39. The van der Waals surface area contributed by atoms with Crippen LogP contribution in [0.1, 0.15) is 22.9 Å². The number of ether oxygens (including phenoxy) is 1. The molecule has 0 aliphatic heterocycles. The van der Waals surface area contributed by atoms with E-state index >= 15 is 0 Å². The van der Waals surface area contributed by atoms with Gasteiger partial charge in [0.15, 0.2) is 0 Å². The third kappa shape index (κ3) is 4.61. The Morgan fingerprint density at radius 2 is 1.60 bits per heavy atom. The summed E-state index contributed by atoms with van der Waals surface area (Å²) in [4.78, 5) is 4.42. The van der Waals surface area contributed by atoms with Crippen molar-refractivity contribution < 1.29 is 13.5 Å². The van der Waals surface area contributed by atoms with E-state index in [0.29, 0.717) is 12.1 Å². The minimum atomic E-state index is -2.85. The first-order valence-electron chi connectivity index (χ1n) is 7.96. The van der Waals surface area contributed by atoms with Crippen molar-refractivity contribution in [1.29, 1.82) is 0 Å². The average Bonchev–Trinajstić information content (AvgIpc) is 2.64. The molecule has 0 aliphatic rings. The molecule has 2 aromatic carbocycles. The van der Waals surface area contributed by atoms with Crippen molar-refractivity contribution in [2.24, 2.45) is 0 Å². The fourth-order valence-electron chi connectivity index (χ4n) is 2.66. The lowest BCUT2D eigenvalue weighted by molar-refractivity contribution is -0.0505. The van der Waals surface area contributed by atoms with Gasteiger partial charge in [0.05, 0.1) is 11.7 Å². The largest absolute Gasteiger partial charge is 0.434 e. The second-order valence-corrected chi connectivity index (χ2v) is 5.47. The van der Waals surface area contributed by atoms with Crippen LogP contribution >= 0.6 is 0 Å². The molecule has 1 atom stereocenters. The third-order valence-electron chi connectivity index (χ3n) is 3.80. The number of nitrogens with one attached hydrogen (secondary N) is 1. The van der Waals surface area contributed by atoms with E-state index < -0.39 is 6.61 Å². The monoisotopic (exact) mass is 340 g/mol. The highest BCUT2D eigenvalue weighted by molar-refractivity contribution is 5.34. The van der Waals surface area contributed by atoms with Crippen molar-refractivity contribution in [2.45, 2.75) is 19.2 Å². The van der Waals surface area contributed by atoms with E-state index in [1.54, 1.807) is 30.5 Å². The Bertz CT molecular complexity index is 742. The van der Waals surface area contributed by atoms with Crippen molar-refractivity contribution in [3.63, 3.8) is 0 Å². The van der Waals surface area contributed by atoms with Gasteiger partial charge in [0.2, 0.25) is 0 Å². The van der Waals surface area contributed by atoms with E-state index in [1.165, 1.54) is 0 Å². The Balaban J connectivity index is 1.83. The Morgan fingerprint density at radius 3 is 2.32 bits per heavy atom. The number of nitrogens with zero attached hydrogens (tertiary/aromatic N) is 1. The number of rotatable bonds is 7. The van der Waals surface area contributed by atoms with Crippen molar-refractivity contribution in [1.82, 2.24) is 10.3 Å². The summed E-state index contributed by atoms with van der Waals surface area (Å²) in [7, 11) is 0. The molecule has 0 unspecified atom stereocenters. The van der Waals surface area contributed by atoms with E-state index in [9.17, 15) is 8.78 Å². The average molecular weight is 340 g/mol. The van der Waals surface area contributed by atoms with Gasteiger partial charge in [-0.15, -0.1) is 0 Å². The molecule has 1 N–H and O–H groups in total. The standard InChI is InChI=1S/C20H18F2N2O/c21-20(22)25-18-12-5-4-10-16(18)14-24-19(15-8-2-1-3-9-15)17-11-6-7-13-23-17/h1-13,19-20,24H,14H2/t19-/m1/s1. The maximum Gasteiger partial charge on any atom is 0.387 e. The lowest BCUT2D eigenvalue weighted by atomic mass is 10.0. The van der Waals surface area contributed by atoms with E-state index in [4.69, 9.17) is 0 Å². The van der Waals surface area contributed by atoms with E-state index in [1.807, 2.05) is 48.5 Å². The van der Waals surface area contributed by atoms with Crippen LogP contribution in [0.25, 0.3) is 0 Å². The van der Waals surface area contributed by atoms with Gasteiger partial charge >= 0.3 is 6.61 Å². The lowest BCUT2D eigenvalue weighted by Crippen LogP contribution is -2.23. The first-order valence-corrected chi connectivity index (χ1v) is 7.96. The second-order valence-electron chi connectivity index (χ2n) is 5.47. The number of alkyl halides is 2. The van der Waals surface area contributed by atoms with Gasteiger partial charge in [-0.2, -0.15) is 8.78 Å². The SMILES string of the molecule is FC(F)Oc1ccccc1CN[C@H](c1ccccc1)c1ccccn1. The number of pyridine rings is 1. The summed E-state index contributed by atoms with van der Waals surface area (Å²) in [5.41, 5.74) is 2.58. The fourth-order valence-corrected chi connectivity index (χ4v) is 2.66. The Kier molecular flexibility index (Phi) is 5.69. The molecule has 0 saturated heterocycles. The minimum Gasteiger partial charge on any atom is -0.434 e. The summed E-state index contributed by atoms with van der Waals surface area (Å²) < 4.78 is 29.8. The molecule has 1 aromatic heterocycles. The topological polar surface area (TPSA) is 34.1 Å². The smallest absolute Gasteiger partial charge is 0.387 e. The molecule has 3 rings (SSSR count). The highest BCUT2D eigenvalue weighted by Crippen LogP contribution is 2.24. The minimum absolute atomic E-state index is 0.151. The van der Waals surface area contributed by atoms with Crippen LogP contribution in [-0.2, 0) is 6.54 Å². The molecule has 0 saturated carbocycles. The van der Waals surface area contributed by atoms with Gasteiger partial charge < -0.3 is 10.1 Å². The van der Waals surface area contributed by atoms with Crippen LogP contribution in [0, 0.1) is 0 Å². The Morgan fingerprint density at radius 1 is 0.880 bits per heavy atom. The number of aromatic nitrogens is 1. The first kappa shape index (κ1) is 17.0. The molecular formula is C20H18F2N2O. The molecule has 0 amide bonds. The first-order chi connectivity index (χ1) is 12.2. The Labute approximate surface area is 145 Å². The maximum absolute atomic E-state index is 12.6. The van der Waals surface area contributed by atoms with Gasteiger partial charge in [0.1, 0.15) is 5.75 Å². The van der Waals surface area contributed by atoms with E-state index in [2.05, 4.69) is 15.0 Å². The zero-order chi connectivity index (χ0) is 17.5. The van der Waals surface area contributed by atoms with Crippen molar-refractivity contribution in [3.05, 3.63) is 95.8 Å². The number of hydrogen-bond donors (Lipinski definition) is 1. The van der Waals surface area contributed by atoms with Crippen LogP contribution < -0.4 is 10.1 Å². The van der Waals surface area contributed by atoms with Gasteiger partial charge in [0, 0.05) is 18.3 Å². The van der Waals surface area contributed by atoms with Crippen LogP contribution in [-0.4, -0.2) is 11.6 Å². The van der Waals surface area contributed by atoms with Crippen molar-refractivity contribution >= 4 is 0 Å². The van der Waals surface area contributed by atoms with Crippen LogP contribution in [0.15, 0.2) is 79.0 Å². The fraction of sp³-hybridized carbons (Fsp3) is 0.150. The maximum atomic E-state index is 12.6. The zero-order valence-corrected chi connectivity index (χ0v) is 13.5. The van der Waals surface area contributed by atoms with Gasteiger partial charge in [0.25, 0.3) is 0 Å². The number of benzene rings is 2. The molecule has 1 heterocycles. The highest BCUT2D eigenvalue weighted by Gasteiger charge is 2.16. The summed E-state index contributed by atoms with van der Waals surface area (Å²) in [6.07, 6.45) is 1.74. The summed E-state index contributed by atoms with van der Waals surface area (Å²) in [6.45, 7) is -2.47. The normalized spacial score (nSPS) is 12.1. The highest BCUT2D eigenvalue weighted by atomic mass is 19.3. The van der Waals surface area contributed by atoms with Crippen molar-refractivity contribution in [3.8, 4) is 5.75 Å². The molecule has 0 bridgehead atoms. The van der Waals surface area contributed by atoms with Crippen molar-refractivity contribution in [2.75, 3.05) is 0 Å². The molecule has 128 valence electrons. The zero-order valence-electron chi connectivity index (χ0n) is 13.5. The molecule has 0 radical (unpaired) electrons. The molecule has 3 aromatic rings. The quantitative estimate of drug-likeness (QED) is 0.684. The van der Waals surface area contributed by atoms with Gasteiger partial charge in [-0.3, -0.25) is 4.98 Å². The second kappa shape index (κ2) is 8.35. The number of hydrogen-bond acceptors (Lipinski definition) is 3. The molecule has 0 aliphatic carbocycles. The molecule has 3 nitrogen and oxygen atoms in total. The van der Waals surface area contributed by atoms with Crippen LogP contribution in [0.5, 0.6) is 5.75 Å². The predicted molar refractivity (Wildman–Crippen MR) is 92.4 cm³/mol. The van der Waals surface area contributed by atoms with Crippen LogP contribution in [0.2, 0.25) is 0 Å². The summed E-state index contributed by atoms with van der Waals surface area (Å²) in [6, 6.07) is 22.2. The van der Waals surface area contributed by atoms with Gasteiger partial charge in [-0.25, -0.2) is 0 Å². The number of para-hydroxylation sites is 1. The lowest BCUT2D eigenvalue weighted by Gasteiger charge is -2.20. The van der Waals surface area contributed by atoms with Gasteiger partial charge in [-0.1, -0.05) is 54.6 Å². The summed E-state index contributed by atoms with van der Waals surface area (Å²) >= 11 is 0. The summed E-state index contributed by atoms with van der Waals surface area (Å²) in [5.74, 6) is 0.179. The van der Waals surface area contributed by atoms with Crippen LogP contribution in [0.4, 0.5) is 8.78 Å². The molecule has 5 heteroatoms. The number of halogens is 2. The Hall–Kier alpha value is -2.79. The van der Waals surface area contributed by atoms with Crippen LogP contribution in [0.3, 0.4) is 0 Å². The molecule has 0 spiro atoms. The molecular weight excluding hydrogens is 322 g/mol. The predicted octanol–water partition coefficient (Wildman–Crippen LogP) is 4.56. The molecule has 0 fully saturated rings. The van der Waals surface area contributed by atoms with Gasteiger partial charge in [-0.05, 0) is 23.8 Å².